The lowest BCUT2D eigenvalue weighted by Crippen LogP contribution is -2.33. The molecule has 160 valence electrons. The Morgan fingerprint density at radius 3 is 2.68 bits per heavy atom. The van der Waals surface area contributed by atoms with Crippen LogP contribution in [0.2, 0.25) is 5.02 Å². The zero-order valence-corrected chi connectivity index (χ0v) is 16.6. The van der Waals surface area contributed by atoms with Gasteiger partial charge in [-0.2, -0.15) is 4.52 Å². The van der Waals surface area contributed by atoms with E-state index in [9.17, 15) is 18.0 Å². The lowest BCUT2D eigenvalue weighted by molar-refractivity contribution is -0.274. The maximum Gasteiger partial charge on any atom is 0.573 e. The summed E-state index contributed by atoms with van der Waals surface area (Å²) >= 11 is 5.84. The van der Waals surface area contributed by atoms with Crippen LogP contribution in [-0.2, 0) is 4.79 Å². The molecule has 31 heavy (non-hydrogen) atoms. The molecule has 1 amide bonds. The largest absolute Gasteiger partial charge is 0.573 e. The highest BCUT2D eigenvalue weighted by atomic mass is 35.5. The number of ether oxygens (including phenoxy) is 1. The number of halogens is 4. The summed E-state index contributed by atoms with van der Waals surface area (Å²) in [6, 6.07) is 9.96. The summed E-state index contributed by atoms with van der Waals surface area (Å²) in [6.07, 6.45) is -4.93. The molecule has 4 aromatic rings. The van der Waals surface area contributed by atoms with Gasteiger partial charge in [0.05, 0.1) is 11.1 Å². The number of rotatable bonds is 5. The van der Waals surface area contributed by atoms with Crippen LogP contribution in [0.1, 0.15) is 6.92 Å². The van der Waals surface area contributed by atoms with E-state index in [0.717, 1.165) is 6.07 Å². The summed E-state index contributed by atoms with van der Waals surface area (Å²) in [5.41, 5.74) is 6.15. The van der Waals surface area contributed by atoms with Crippen LogP contribution in [0, 0.1) is 0 Å². The molecule has 8 nitrogen and oxygen atoms in total. The molecule has 2 aromatic heterocycles. The third kappa shape index (κ3) is 4.17. The Hall–Kier alpha value is -3.60. The zero-order chi connectivity index (χ0) is 22.3. The standard InChI is InChI=1S/C19H14ClF3N6O2/c1-9(15(24)30)25-18-26-13-5-3-2-4-11(13)17-27-16(28-29(17)18)12-7-6-10(20)8-14(12)31-19(21,22)23/h2-9H,1H3,(H2,24,30)(H,25,26)/t9-/m0/s1. The summed E-state index contributed by atoms with van der Waals surface area (Å²) in [4.78, 5) is 20.3. The van der Waals surface area contributed by atoms with E-state index in [2.05, 4.69) is 25.1 Å². The number of carbonyl (C=O) groups is 1. The maximum atomic E-state index is 12.9. The number of nitrogens with two attached hydrogens (primary N) is 1. The van der Waals surface area contributed by atoms with E-state index in [1.54, 1.807) is 24.3 Å². The molecular formula is C19H14ClF3N6O2. The number of aromatic nitrogens is 4. The second-order valence-electron chi connectivity index (χ2n) is 6.58. The normalized spacial score (nSPS) is 12.8. The minimum Gasteiger partial charge on any atom is -0.405 e. The summed E-state index contributed by atoms with van der Waals surface area (Å²) in [7, 11) is 0. The van der Waals surface area contributed by atoms with Crippen molar-refractivity contribution in [2.75, 3.05) is 5.32 Å². The van der Waals surface area contributed by atoms with E-state index in [4.69, 9.17) is 17.3 Å². The number of primary amides is 1. The van der Waals surface area contributed by atoms with Crippen molar-refractivity contribution in [1.82, 2.24) is 19.6 Å². The molecular weight excluding hydrogens is 437 g/mol. The third-order valence-electron chi connectivity index (χ3n) is 4.36. The molecule has 0 unspecified atom stereocenters. The van der Waals surface area contributed by atoms with Gasteiger partial charge in [0, 0.05) is 10.4 Å². The first kappa shape index (κ1) is 20.7. The van der Waals surface area contributed by atoms with Crippen LogP contribution >= 0.6 is 11.6 Å². The van der Waals surface area contributed by atoms with Crippen molar-refractivity contribution in [1.29, 1.82) is 0 Å². The van der Waals surface area contributed by atoms with Gasteiger partial charge in [-0.1, -0.05) is 23.7 Å². The number of carbonyl (C=O) groups excluding carboxylic acids is 1. The number of hydrogen-bond donors (Lipinski definition) is 2. The fraction of sp³-hybridized carbons (Fsp3) is 0.158. The number of amides is 1. The Balaban J connectivity index is 1.94. The van der Waals surface area contributed by atoms with Crippen molar-refractivity contribution in [2.24, 2.45) is 5.73 Å². The van der Waals surface area contributed by atoms with Crippen molar-refractivity contribution >= 4 is 40.0 Å². The average Bonchev–Trinajstić information content (AvgIpc) is 3.12. The summed E-state index contributed by atoms with van der Waals surface area (Å²) in [6.45, 7) is 1.54. The van der Waals surface area contributed by atoms with Crippen molar-refractivity contribution < 1.29 is 22.7 Å². The number of alkyl halides is 3. The molecule has 0 aliphatic rings. The summed E-state index contributed by atoms with van der Waals surface area (Å²) in [5.74, 6) is -1.08. The topological polar surface area (TPSA) is 107 Å². The van der Waals surface area contributed by atoms with Gasteiger partial charge in [0.2, 0.25) is 11.9 Å². The Morgan fingerprint density at radius 2 is 1.97 bits per heavy atom. The first-order valence-electron chi connectivity index (χ1n) is 8.89. The van der Waals surface area contributed by atoms with E-state index < -0.39 is 24.1 Å². The fourth-order valence-electron chi connectivity index (χ4n) is 2.92. The Kier molecular flexibility index (Phi) is 5.05. The molecule has 0 saturated heterocycles. The van der Waals surface area contributed by atoms with Crippen LogP contribution in [-0.4, -0.2) is 37.9 Å². The van der Waals surface area contributed by atoms with E-state index in [1.807, 2.05) is 0 Å². The molecule has 0 aliphatic heterocycles. The quantitative estimate of drug-likeness (QED) is 0.479. The minimum absolute atomic E-state index is 0.0246. The highest BCUT2D eigenvalue weighted by Gasteiger charge is 2.33. The van der Waals surface area contributed by atoms with Gasteiger partial charge in [0.25, 0.3) is 0 Å². The first-order chi connectivity index (χ1) is 14.6. The van der Waals surface area contributed by atoms with E-state index in [-0.39, 0.29) is 22.4 Å². The van der Waals surface area contributed by atoms with Gasteiger partial charge < -0.3 is 15.8 Å². The van der Waals surface area contributed by atoms with Crippen LogP contribution in [0.25, 0.3) is 27.9 Å². The van der Waals surface area contributed by atoms with Crippen LogP contribution in [0.5, 0.6) is 5.75 Å². The van der Waals surface area contributed by atoms with Gasteiger partial charge in [-0.3, -0.25) is 4.79 Å². The van der Waals surface area contributed by atoms with Crippen LogP contribution in [0.4, 0.5) is 19.1 Å². The number of nitrogens with one attached hydrogen (secondary N) is 1. The van der Waals surface area contributed by atoms with Gasteiger partial charge >= 0.3 is 6.36 Å². The number of para-hydroxylation sites is 1. The monoisotopic (exact) mass is 450 g/mol. The van der Waals surface area contributed by atoms with E-state index in [1.165, 1.54) is 23.6 Å². The van der Waals surface area contributed by atoms with Gasteiger partial charge in [-0.25, -0.2) is 9.97 Å². The van der Waals surface area contributed by atoms with Crippen molar-refractivity contribution in [3.05, 3.63) is 47.5 Å². The molecule has 0 radical (unpaired) electrons. The third-order valence-corrected chi connectivity index (χ3v) is 4.60. The van der Waals surface area contributed by atoms with Gasteiger partial charge in [0.15, 0.2) is 11.5 Å². The van der Waals surface area contributed by atoms with Crippen molar-refractivity contribution in [3.8, 4) is 17.1 Å². The predicted molar refractivity (Wildman–Crippen MR) is 108 cm³/mol. The molecule has 2 heterocycles. The highest BCUT2D eigenvalue weighted by molar-refractivity contribution is 6.30. The number of nitrogens with zero attached hydrogens (tertiary/aromatic N) is 4. The lowest BCUT2D eigenvalue weighted by atomic mass is 10.2. The number of anilines is 1. The fourth-order valence-corrected chi connectivity index (χ4v) is 3.08. The van der Waals surface area contributed by atoms with E-state index >= 15 is 0 Å². The summed E-state index contributed by atoms with van der Waals surface area (Å²) < 4.78 is 44.1. The molecule has 2 aromatic carbocycles. The SMILES string of the molecule is C[C@H](Nc1nc2ccccc2c2nc(-c3ccc(Cl)cc3OC(F)(F)F)nn12)C(N)=O. The van der Waals surface area contributed by atoms with Gasteiger partial charge in [-0.05, 0) is 37.3 Å². The molecule has 1 atom stereocenters. The Labute approximate surface area is 177 Å². The molecule has 3 N–H and O–H groups in total. The van der Waals surface area contributed by atoms with Crippen LogP contribution < -0.4 is 15.8 Å². The van der Waals surface area contributed by atoms with Crippen molar-refractivity contribution in [2.45, 2.75) is 19.3 Å². The molecule has 4 rings (SSSR count). The lowest BCUT2D eigenvalue weighted by Gasteiger charge is -2.12. The molecule has 0 spiro atoms. The van der Waals surface area contributed by atoms with E-state index in [0.29, 0.717) is 16.6 Å². The Morgan fingerprint density at radius 1 is 1.23 bits per heavy atom. The molecule has 12 heteroatoms. The molecule has 0 fully saturated rings. The number of fused-ring (bicyclic) bond motifs is 3. The zero-order valence-electron chi connectivity index (χ0n) is 15.8. The second kappa shape index (κ2) is 7.58. The van der Waals surface area contributed by atoms with Crippen molar-refractivity contribution in [3.63, 3.8) is 0 Å². The smallest absolute Gasteiger partial charge is 0.405 e. The maximum absolute atomic E-state index is 12.9. The Bertz CT molecular complexity index is 1310. The second-order valence-corrected chi connectivity index (χ2v) is 7.02. The molecule has 0 aliphatic carbocycles. The number of hydrogen-bond acceptors (Lipinski definition) is 6. The predicted octanol–water partition coefficient (Wildman–Crippen LogP) is 3.78. The molecule has 0 saturated carbocycles. The van der Waals surface area contributed by atoms with Crippen LogP contribution in [0.15, 0.2) is 42.5 Å². The minimum atomic E-state index is -4.93. The number of benzene rings is 2. The molecule has 0 bridgehead atoms. The van der Waals surface area contributed by atoms with Gasteiger partial charge in [0.1, 0.15) is 11.8 Å². The summed E-state index contributed by atoms with van der Waals surface area (Å²) in [5, 5.41) is 7.80. The van der Waals surface area contributed by atoms with Gasteiger partial charge in [-0.15, -0.1) is 18.3 Å². The average molecular weight is 451 g/mol. The first-order valence-corrected chi connectivity index (χ1v) is 9.27. The van der Waals surface area contributed by atoms with Crippen LogP contribution in [0.3, 0.4) is 0 Å². The highest BCUT2D eigenvalue weighted by Crippen LogP contribution is 2.35.